The third-order valence-electron chi connectivity index (χ3n) is 2.65. The zero-order valence-corrected chi connectivity index (χ0v) is 12.9. The van der Waals surface area contributed by atoms with Crippen LogP contribution < -0.4 is 14.8 Å². The molecular weight excluding hydrogens is 342 g/mol. The van der Waals surface area contributed by atoms with Crippen molar-refractivity contribution in [3.63, 3.8) is 0 Å². The van der Waals surface area contributed by atoms with Gasteiger partial charge < -0.3 is 14.8 Å². The highest BCUT2D eigenvalue weighted by atomic mass is 79.9. The van der Waals surface area contributed by atoms with E-state index >= 15 is 0 Å². The van der Waals surface area contributed by atoms with Gasteiger partial charge in [0.2, 0.25) is 5.82 Å². The lowest BCUT2D eigenvalue weighted by atomic mass is 10.2. The van der Waals surface area contributed by atoms with E-state index in [4.69, 9.17) is 9.47 Å². The molecule has 0 unspecified atom stereocenters. The number of hydrogen-bond acceptors (Lipinski definition) is 6. The summed E-state index contributed by atoms with van der Waals surface area (Å²) in [5.41, 5.74) is 0.444. The van der Waals surface area contributed by atoms with Crippen LogP contribution in [0.3, 0.4) is 0 Å². The maximum atomic E-state index is 11.0. The first-order chi connectivity index (χ1) is 10.0. The monoisotopic (exact) mass is 353 g/mol. The third-order valence-corrected chi connectivity index (χ3v) is 3.09. The minimum absolute atomic E-state index is 0.125. The van der Waals surface area contributed by atoms with Crippen molar-refractivity contribution < 1.29 is 14.4 Å². The molecule has 0 saturated heterocycles. The molecular formula is C13H12BrN3O4. The molecule has 2 aromatic rings. The van der Waals surface area contributed by atoms with Gasteiger partial charge >= 0.3 is 5.69 Å². The van der Waals surface area contributed by atoms with E-state index in [0.29, 0.717) is 21.8 Å². The number of nitrogens with zero attached hydrogens (tertiary/aromatic N) is 2. The third kappa shape index (κ3) is 3.60. The lowest BCUT2D eigenvalue weighted by molar-refractivity contribution is -0.384. The average molecular weight is 354 g/mol. The fraction of sp³-hybridized carbons (Fsp3) is 0.154. The summed E-state index contributed by atoms with van der Waals surface area (Å²) in [5.74, 6) is 1.26. The van der Waals surface area contributed by atoms with Crippen LogP contribution >= 0.6 is 15.9 Å². The Morgan fingerprint density at radius 3 is 2.33 bits per heavy atom. The van der Waals surface area contributed by atoms with E-state index in [-0.39, 0.29) is 11.5 Å². The maximum absolute atomic E-state index is 11.0. The van der Waals surface area contributed by atoms with E-state index in [1.54, 1.807) is 18.2 Å². The first-order valence-electron chi connectivity index (χ1n) is 5.84. The number of benzene rings is 1. The summed E-state index contributed by atoms with van der Waals surface area (Å²) in [6.07, 6.45) is 0. The number of nitro groups is 1. The highest BCUT2D eigenvalue weighted by Crippen LogP contribution is 2.31. The van der Waals surface area contributed by atoms with Gasteiger partial charge in [0.05, 0.1) is 19.1 Å². The van der Waals surface area contributed by atoms with Crippen molar-refractivity contribution in [3.05, 3.63) is 45.0 Å². The first-order valence-corrected chi connectivity index (χ1v) is 6.64. The second-order valence-electron chi connectivity index (χ2n) is 3.99. The molecule has 1 aromatic carbocycles. The average Bonchev–Trinajstić information content (AvgIpc) is 2.46. The molecule has 1 heterocycles. The molecule has 0 aliphatic carbocycles. The molecule has 0 amide bonds. The standard InChI is InChI=1S/C13H12BrN3O4/c1-20-9-5-8(6-10(7-9)21-2)15-13-11(17(18)19)3-4-12(14)16-13/h3-7H,1-2H3,(H,15,16). The fourth-order valence-electron chi connectivity index (χ4n) is 1.68. The minimum atomic E-state index is -0.501. The van der Waals surface area contributed by atoms with Crippen LogP contribution in [0.15, 0.2) is 34.9 Å². The Labute approximate surface area is 129 Å². The van der Waals surface area contributed by atoms with E-state index in [1.165, 1.54) is 26.4 Å². The van der Waals surface area contributed by atoms with Gasteiger partial charge in [-0.3, -0.25) is 10.1 Å². The van der Waals surface area contributed by atoms with Crippen LogP contribution in [0.2, 0.25) is 0 Å². The number of pyridine rings is 1. The molecule has 1 N–H and O–H groups in total. The number of hydrogen-bond donors (Lipinski definition) is 1. The van der Waals surface area contributed by atoms with Gasteiger partial charge in [-0.05, 0) is 22.0 Å². The molecule has 110 valence electrons. The quantitative estimate of drug-likeness (QED) is 0.502. The van der Waals surface area contributed by atoms with Gasteiger partial charge in [-0.15, -0.1) is 0 Å². The predicted molar refractivity (Wildman–Crippen MR) is 81.4 cm³/mol. The highest BCUT2D eigenvalue weighted by Gasteiger charge is 2.16. The predicted octanol–water partition coefficient (Wildman–Crippen LogP) is 3.51. The van der Waals surface area contributed by atoms with Crippen molar-refractivity contribution in [2.75, 3.05) is 19.5 Å². The second-order valence-corrected chi connectivity index (χ2v) is 4.80. The van der Waals surface area contributed by atoms with Crippen LogP contribution in [-0.2, 0) is 0 Å². The molecule has 0 aliphatic heterocycles. The topological polar surface area (TPSA) is 86.5 Å². The van der Waals surface area contributed by atoms with Gasteiger partial charge in [-0.25, -0.2) is 4.98 Å². The number of ether oxygens (including phenoxy) is 2. The Bertz CT molecular complexity index is 656. The lowest BCUT2D eigenvalue weighted by Gasteiger charge is -2.10. The maximum Gasteiger partial charge on any atom is 0.311 e. The SMILES string of the molecule is COc1cc(Nc2nc(Br)ccc2[N+](=O)[O-])cc(OC)c1. The second kappa shape index (κ2) is 6.40. The highest BCUT2D eigenvalue weighted by molar-refractivity contribution is 9.10. The number of rotatable bonds is 5. The van der Waals surface area contributed by atoms with Crippen molar-refractivity contribution >= 4 is 33.1 Å². The molecule has 0 radical (unpaired) electrons. The summed E-state index contributed by atoms with van der Waals surface area (Å²) in [7, 11) is 3.05. The van der Waals surface area contributed by atoms with Gasteiger partial charge in [0.25, 0.3) is 0 Å². The molecule has 0 aliphatic rings. The van der Waals surface area contributed by atoms with Crippen LogP contribution in [0.1, 0.15) is 0 Å². The number of methoxy groups -OCH3 is 2. The molecule has 0 fully saturated rings. The summed E-state index contributed by atoms with van der Waals surface area (Å²) in [6, 6.07) is 7.96. The zero-order valence-electron chi connectivity index (χ0n) is 11.3. The zero-order chi connectivity index (χ0) is 15.4. The fourth-order valence-corrected chi connectivity index (χ4v) is 1.99. The van der Waals surface area contributed by atoms with E-state index in [9.17, 15) is 10.1 Å². The van der Waals surface area contributed by atoms with Gasteiger partial charge in [0.1, 0.15) is 16.1 Å². The van der Waals surface area contributed by atoms with Crippen LogP contribution in [-0.4, -0.2) is 24.1 Å². The van der Waals surface area contributed by atoms with Crippen molar-refractivity contribution in [1.82, 2.24) is 4.98 Å². The number of anilines is 2. The van der Waals surface area contributed by atoms with Crippen molar-refractivity contribution in [3.8, 4) is 11.5 Å². The normalized spacial score (nSPS) is 10.0. The Morgan fingerprint density at radius 2 is 1.81 bits per heavy atom. The molecule has 0 atom stereocenters. The van der Waals surface area contributed by atoms with Gasteiger partial charge in [0, 0.05) is 30.0 Å². The Kier molecular flexibility index (Phi) is 4.59. The van der Waals surface area contributed by atoms with Crippen molar-refractivity contribution in [2.45, 2.75) is 0 Å². The molecule has 7 nitrogen and oxygen atoms in total. The van der Waals surface area contributed by atoms with E-state index < -0.39 is 4.92 Å². The summed E-state index contributed by atoms with van der Waals surface area (Å²) >= 11 is 3.19. The van der Waals surface area contributed by atoms with Gasteiger partial charge in [-0.2, -0.15) is 0 Å². The number of aromatic nitrogens is 1. The van der Waals surface area contributed by atoms with Crippen molar-refractivity contribution in [1.29, 1.82) is 0 Å². The molecule has 1 aromatic heterocycles. The van der Waals surface area contributed by atoms with Crippen LogP contribution in [0.5, 0.6) is 11.5 Å². The van der Waals surface area contributed by atoms with Crippen LogP contribution in [0.25, 0.3) is 0 Å². The molecule has 0 spiro atoms. The first kappa shape index (κ1) is 15.0. The smallest absolute Gasteiger partial charge is 0.311 e. The summed E-state index contributed by atoms with van der Waals surface area (Å²) in [5, 5.41) is 13.9. The lowest BCUT2D eigenvalue weighted by Crippen LogP contribution is -2.00. The number of halogens is 1. The Balaban J connectivity index is 2.42. The Morgan fingerprint density at radius 1 is 1.19 bits per heavy atom. The summed E-state index contributed by atoms with van der Waals surface area (Å²) < 4.78 is 10.8. The van der Waals surface area contributed by atoms with Gasteiger partial charge in [0.15, 0.2) is 0 Å². The minimum Gasteiger partial charge on any atom is -0.497 e. The van der Waals surface area contributed by atoms with E-state index in [0.717, 1.165) is 0 Å². The van der Waals surface area contributed by atoms with Crippen LogP contribution in [0.4, 0.5) is 17.2 Å². The molecule has 8 heteroatoms. The molecule has 0 saturated carbocycles. The van der Waals surface area contributed by atoms with Crippen molar-refractivity contribution in [2.24, 2.45) is 0 Å². The molecule has 21 heavy (non-hydrogen) atoms. The van der Waals surface area contributed by atoms with Crippen LogP contribution in [0, 0.1) is 10.1 Å². The van der Waals surface area contributed by atoms with E-state index in [1.807, 2.05) is 0 Å². The molecule has 0 bridgehead atoms. The largest absolute Gasteiger partial charge is 0.497 e. The molecule has 2 rings (SSSR count). The number of nitrogens with one attached hydrogen (secondary N) is 1. The summed E-state index contributed by atoms with van der Waals surface area (Å²) in [4.78, 5) is 14.6. The van der Waals surface area contributed by atoms with Gasteiger partial charge in [-0.1, -0.05) is 0 Å². The summed E-state index contributed by atoms with van der Waals surface area (Å²) in [6.45, 7) is 0. The Hall–Kier alpha value is -2.35. The van der Waals surface area contributed by atoms with E-state index in [2.05, 4.69) is 26.2 Å².